The van der Waals surface area contributed by atoms with Crippen LogP contribution in [0.15, 0.2) is 18.2 Å². The molecule has 2 N–H and O–H groups in total. The molecule has 1 amide bonds. The van der Waals surface area contributed by atoms with E-state index in [1.807, 2.05) is 0 Å². The number of nitrogens with zero attached hydrogens (tertiary/aromatic N) is 2. The molecule has 0 heterocycles. The third-order valence-corrected chi connectivity index (χ3v) is 4.09. The van der Waals surface area contributed by atoms with Gasteiger partial charge >= 0.3 is 5.97 Å². The lowest BCUT2D eigenvalue weighted by atomic mass is 10.00. The molecule has 25 heavy (non-hydrogen) atoms. The minimum absolute atomic E-state index is 0.0413. The van der Waals surface area contributed by atoms with Crippen LogP contribution in [0.3, 0.4) is 0 Å². The Labute approximate surface area is 144 Å². The van der Waals surface area contributed by atoms with E-state index < -0.39 is 28.9 Å². The molecule has 0 bridgehead atoms. The number of amides is 1. The Kier molecular flexibility index (Phi) is 5.54. The quantitative estimate of drug-likeness (QED) is 0.455. The number of nitriles is 1. The number of non-ortho nitro benzene ring substituents is 1. The Hall–Kier alpha value is -3.15. The zero-order valence-electron chi connectivity index (χ0n) is 13.7. The van der Waals surface area contributed by atoms with Gasteiger partial charge in [0, 0.05) is 24.9 Å². The summed E-state index contributed by atoms with van der Waals surface area (Å²) in [7, 11) is 1.56. The van der Waals surface area contributed by atoms with Crippen molar-refractivity contribution in [3.63, 3.8) is 0 Å². The van der Waals surface area contributed by atoms with Crippen molar-refractivity contribution in [2.75, 3.05) is 19.0 Å². The molecule has 0 saturated heterocycles. The minimum atomic E-state index is -0.898. The van der Waals surface area contributed by atoms with E-state index in [0.717, 1.165) is 18.9 Å². The van der Waals surface area contributed by atoms with Crippen LogP contribution in [-0.4, -0.2) is 36.0 Å². The van der Waals surface area contributed by atoms with Gasteiger partial charge in [-0.05, 0) is 31.7 Å². The highest BCUT2D eigenvalue weighted by molar-refractivity contribution is 5.97. The van der Waals surface area contributed by atoms with Crippen LogP contribution >= 0.6 is 0 Å². The first-order chi connectivity index (χ1) is 11.9. The molecule has 0 radical (unpaired) electrons. The second-order valence-electron chi connectivity index (χ2n) is 5.76. The summed E-state index contributed by atoms with van der Waals surface area (Å²) >= 11 is 0. The number of hydrogen-bond donors (Lipinski definition) is 2. The predicted molar refractivity (Wildman–Crippen MR) is 87.9 cm³/mol. The summed E-state index contributed by atoms with van der Waals surface area (Å²) in [5, 5.41) is 25.4. The van der Waals surface area contributed by atoms with Gasteiger partial charge < -0.3 is 15.4 Å². The van der Waals surface area contributed by atoms with Gasteiger partial charge in [0.05, 0.1) is 16.6 Å². The third kappa shape index (κ3) is 4.23. The van der Waals surface area contributed by atoms with Crippen LogP contribution in [-0.2, 0) is 9.53 Å². The maximum absolute atomic E-state index is 12.2. The second-order valence-corrected chi connectivity index (χ2v) is 5.76. The van der Waals surface area contributed by atoms with Gasteiger partial charge in [-0.2, -0.15) is 5.26 Å². The topological polar surface area (TPSA) is 134 Å². The average Bonchev–Trinajstić information content (AvgIpc) is 3.07. The number of nitro groups is 1. The van der Waals surface area contributed by atoms with E-state index in [2.05, 4.69) is 16.7 Å². The van der Waals surface area contributed by atoms with Crippen LogP contribution in [0.25, 0.3) is 0 Å². The maximum Gasteiger partial charge on any atom is 0.341 e. The van der Waals surface area contributed by atoms with Gasteiger partial charge in [0.2, 0.25) is 0 Å². The number of anilines is 1. The van der Waals surface area contributed by atoms with E-state index in [4.69, 9.17) is 4.74 Å². The summed E-state index contributed by atoms with van der Waals surface area (Å²) in [4.78, 5) is 34.3. The lowest BCUT2D eigenvalue weighted by molar-refractivity contribution is -0.384. The average molecular weight is 346 g/mol. The molecule has 0 atom stereocenters. The molecule has 0 unspecified atom stereocenters. The first kappa shape index (κ1) is 18.2. The highest BCUT2D eigenvalue weighted by Gasteiger charge is 2.35. The zero-order chi connectivity index (χ0) is 18.4. The van der Waals surface area contributed by atoms with Crippen LogP contribution in [0.1, 0.15) is 36.0 Å². The van der Waals surface area contributed by atoms with Crippen molar-refractivity contribution in [1.29, 1.82) is 5.26 Å². The molecule has 2 rings (SSSR count). The fourth-order valence-corrected chi connectivity index (χ4v) is 2.79. The molecule has 0 spiro atoms. The van der Waals surface area contributed by atoms with Crippen molar-refractivity contribution < 1.29 is 19.2 Å². The summed E-state index contributed by atoms with van der Waals surface area (Å²) in [5.74, 6) is -1.44. The maximum atomic E-state index is 12.2. The van der Waals surface area contributed by atoms with Crippen LogP contribution < -0.4 is 10.6 Å². The van der Waals surface area contributed by atoms with Gasteiger partial charge in [-0.25, -0.2) is 4.79 Å². The molecule has 1 saturated carbocycles. The van der Waals surface area contributed by atoms with Crippen LogP contribution in [0, 0.1) is 21.4 Å². The van der Waals surface area contributed by atoms with Crippen molar-refractivity contribution in [1.82, 2.24) is 5.32 Å². The van der Waals surface area contributed by atoms with E-state index >= 15 is 0 Å². The fourth-order valence-electron chi connectivity index (χ4n) is 2.79. The fraction of sp³-hybridized carbons (Fsp3) is 0.438. The number of nitrogens with one attached hydrogen (secondary N) is 2. The largest absolute Gasteiger partial charge is 0.452 e. The van der Waals surface area contributed by atoms with Gasteiger partial charge in [-0.1, -0.05) is 0 Å². The zero-order valence-corrected chi connectivity index (χ0v) is 13.7. The summed E-state index contributed by atoms with van der Waals surface area (Å²) < 4.78 is 4.94. The first-order valence-corrected chi connectivity index (χ1v) is 7.76. The van der Waals surface area contributed by atoms with Gasteiger partial charge in [0.1, 0.15) is 5.54 Å². The molecule has 0 aliphatic heterocycles. The molecular weight excluding hydrogens is 328 g/mol. The molecule has 0 aromatic heterocycles. The standard InChI is InChI=1S/C16H18N4O5/c1-18-13-5-4-11(20(23)24)8-12(13)15(22)25-9-14(21)19-16(10-17)6-2-3-7-16/h4-5,8,18H,2-3,6-7,9H2,1H3,(H,19,21). The smallest absolute Gasteiger partial charge is 0.341 e. The SMILES string of the molecule is CNc1ccc([N+](=O)[O-])cc1C(=O)OCC(=O)NC1(C#N)CCCC1. The van der Waals surface area contributed by atoms with Crippen molar-refractivity contribution in [3.8, 4) is 6.07 Å². The molecule has 9 nitrogen and oxygen atoms in total. The summed E-state index contributed by atoms with van der Waals surface area (Å²) in [6.07, 6.45) is 2.84. The highest BCUT2D eigenvalue weighted by Crippen LogP contribution is 2.28. The van der Waals surface area contributed by atoms with Gasteiger partial charge in [-0.3, -0.25) is 14.9 Å². The van der Waals surface area contributed by atoms with Crippen LogP contribution in [0.4, 0.5) is 11.4 Å². The number of nitro benzene ring substituents is 1. The first-order valence-electron chi connectivity index (χ1n) is 7.76. The second kappa shape index (κ2) is 7.61. The normalized spacial score (nSPS) is 15.0. The Morgan fingerprint density at radius 2 is 2.08 bits per heavy atom. The number of benzene rings is 1. The summed E-state index contributed by atoms with van der Waals surface area (Å²) in [6.45, 7) is -0.561. The Bertz CT molecular complexity index is 735. The Balaban J connectivity index is 2.02. The molecule has 1 aromatic carbocycles. The molecule has 1 aliphatic carbocycles. The lowest BCUT2D eigenvalue weighted by Crippen LogP contribution is -2.46. The highest BCUT2D eigenvalue weighted by atomic mass is 16.6. The predicted octanol–water partition coefficient (Wildman–Crippen LogP) is 1.75. The van der Waals surface area contributed by atoms with Gasteiger partial charge in [0.25, 0.3) is 11.6 Å². The molecule has 1 aromatic rings. The summed E-state index contributed by atoms with van der Waals surface area (Å²) in [5.41, 5.74) is -0.851. The van der Waals surface area contributed by atoms with Crippen molar-refractivity contribution >= 4 is 23.3 Å². The van der Waals surface area contributed by atoms with E-state index in [1.54, 1.807) is 7.05 Å². The van der Waals surface area contributed by atoms with Crippen LogP contribution in [0.2, 0.25) is 0 Å². The number of carbonyl (C=O) groups excluding carboxylic acids is 2. The third-order valence-electron chi connectivity index (χ3n) is 4.09. The van der Waals surface area contributed by atoms with E-state index in [-0.39, 0.29) is 11.3 Å². The van der Waals surface area contributed by atoms with Crippen molar-refractivity contribution in [2.45, 2.75) is 31.2 Å². The molecule has 132 valence electrons. The molecule has 1 aliphatic rings. The number of hydrogen-bond acceptors (Lipinski definition) is 7. The van der Waals surface area contributed by atoms with E-state index in [1.165, 1.54) is 12.1 Å². The van der Waals surface area contributed by atoms with Gasteiger partial charge in [-0.15, -0.1) is 0 Å². The van der Waals surface area contributed by atoms with Crippen molar-refractivity contribution in [3.05, 3.63) is 33.9 Å². The Morgan fingerprint density at radius 1 is 1.40 bits per heavy atom. The number of rotatable bonds is 6. The molecule has 9 heteroatoms. The lowest BCUT2D eigenvalue weighted by Gasteiger charge is -2.21. The number of esters is 1. The number of carbonyl (C=O) groups is 2. The number of ether oxygens (including phenoxy) is 1. The monoisotopic (exact) mass is 346 g/mol. The van der Waals surface area contributed by atoms with Gasteiger partial charge in [0.15, 0.2) is 6.61 Å². The van der Waals surface area contributed by atoms with E-state index in [0.29, 0.717) is 18.5 Å². The van der Waals surface area contributed by atoms with Crippen LogP contribution in [0.5, 0.6) is 0 Å². The Morgan fingerprint density at radius 3 is 2.64 bits per heavy atom. The van der Waals surface area contributed by atoms with E-state index in [9.17, 15) is 25.0 Å². The van der Waals surface area contributed by atoms with Crippen molar-refractivity contribution in [2.24, 2.45) is 0 Å². The molecular formula is C16H18N4O5. The summed E-state index contributed by atoms with van der Waals surface area (Å²) in [6, 6.07) is 5.83. The minimum Gasteiger partial charge on any atom is -0.452 e. The molecule has 1 fully saturated rings.